The van der Waals surface area contributed by atoms with Gasteiger partial charge in [0, 0.05) is 24.0 Å². The van der Waals surface area contributed by atoms with Crippen molar-refractivity contribution < 1.29 is 14.0 Å². The number of aromatic nitrogens is 1. The number of halogens is 1. The highest BCUT2D eigenvalue weighted by Crippen LogP contribution is 2.20. The number of hydrogen-bond donors (Lipinski definition) is 1. The third kappa shape index (κ3) is 4.63. The van der Waals surface area contributed by atoms with E-state index in [1.54, 1.807) is 5.38 Å². The number of hydrogen-bond acceptors (Lipinski definition) is 4. The molecule has 1 N–H and O–H groups in total. The Morgan fingerprint density at radius 1 is 1.28 bits per heavy atom. The summed E-state index contributed by atoms with van der Waals surface area (Å²) in [5.74, 6) is 0.0150. The van der Waals surface area contributed by atoms with Gasteiger partial charge in [0.05, 0.1) is 12.1 Å². The molecule has 0 atom stereocenters. The standard InChI is InChI=1S/C18H20FN3O2S/c1-12-6-8-22(9-7-12)16(23)10-15-11-25-18(20-15)21-17(24)13-2-4-14(19)5-3-13/h2-5,11-12H,6-10H2,1H3,(H,20,21,24). The fourth-order valence-corrected chi connectivity index (χ4v) is 3.45. The third-order valence-electron chi connectivity index (χ3n) is 4.35. The second kappa shape index (κ2) is 7.74. The molecule has 2 amide bonds. The van der Waals surface area contributed by atoms with Crippen molar-refractivity contribution in [3.63, 3.8) is 0 Å². The Balaban J connectivity index is 1.56. The van der Waals surface area contributed by atoms with Crippen LogP contribution in [0.1, 0.15) is 35.8 Å². The van der Waals surface area contributed by atoms with Crippen LogP contribution in [0, 0.1) is 11.7 Å². The summed E-state index contributed by atoms with van der Waals surface area (Å²) < 4.78 is 12.9. The van der Waals surface area contributed by atoms with E-state index < -0.39 is 5.82 Å². The maximum absolute atomic E-state index is 12.9. The molecular formula is C18H20FN3O2S. The van der Waals surface area contributed by atoms with Crippen LogP contribution in [0.5, 0.6) is 0 Å². The van der Waals surface area contributed by atoms with Crippen LogP contribution in [0.3, 0.4) is 0 Å². The zero-order valence-electron chi connectivity index (χ0n) is 14.0. The fraction of sp³-hybridized carbons (Fsp3) is 0.389. The number of carbonyl (C=O) groups is 2. The molecule has 7 heteroatoms. The first kappa shape index (κ1) is 17.5. The lowest BCUT2D eigenvalue weighted by Gasteiger charge is -2.30. The maximum atomic E-state index is 12.9. The van der Waals surface area contributed by atoms with Crippen molar-refractivity contribution in [3.05, 3.63) is 46.7 Å². The Labute approximate surface area is 149 Å². The molecule has 1 fully saturated rings. The number of carbonyl (C=O) groups excluding carboxylic acids is 2. The van der Waals surface area contributed by atoms with Gasteiger partial charge in [0.2, 0.25) is 5.91 Å². The van der Waals surface area contributed by atoms with E-state index in [0.29, 0.717) is 22.3 Å². The van der Waals surface area contributed by atoms with Gasteiger partial charge in [0.25, 0.3) is 5.91 Å². The first-order valence-electron chi connectivity index (χ1n) is 8.30. The van der Waals surface area contributed by atoms with Gasteiger partial charge >= 0.3 is 0 Å². The number of amides is 2. The van der Waals surface area contributed by atoms with Gasteiger partial charge in [-0.05, 0) is 43.0 Å². The maximum Gasteiger partial charge on any atom is 0.257 e. The number of likely N-dealkylation sites (tertiary alicyclic amines) is 1. The van der Waals surface area contributed by atoms with Crippen molar-refractivity contribution in [1.82, 2.24) is 9.88 Å². The Kier molecular flexibility index (Phi) is 5.43. The van der Waals surface area contributed by atoms with Gasteiger partial charge in [-0.3, -0.25) is 14.9 Å². The van der Waals surface area contributed by atoms with Crippen LogP contribution in [0.4, 0.5) is 9.52 Å². The first-order valence-corrected chi connectivity index (χ1v) is 9.18. The Morgan fingerprint density at radius 2 is 1.96 bits per heavy atom. The molecule has 0 unspecified atom stereocenters. The summed E-state index contributed by atoms with van der Waals surface area (Å²) in [6, 6.07) is 5.31. The molecule has 1 aromatic heterocycles. The van der Waals surface area contributed by atoms with Crippen LogP contribution in [-0.4, -0.2) is 34.8 Å². The van der Waals surface area contributed by atoms with E-state index >= 15 is 0 Å². The number of benzene rings is 1. The predicted octanol–water partition coefficient (Wildman–Crippen LogP) is 3.34. The van der Waals surface area contributed by atoms with Crippen LogP contribution < -0.4 is 5.32 Å². The van der Waals surface area contributed by atoms with E-state index in [0.717, 1.165) is 25.9 Å². The summed E-state index contributed by atoms with van der Waals surface area (Å²) in [4.78, 5) is 30.6. The zero-order valence-corrected chi connectivity index (χ0v) is 14.8. The lowest BCUT2D eigenvalue weighted by molar-refractivity contribution is -0.131. The highest BCUT2D eigenvalue weighted by atomic mass is 32.1. The molecule has 1 saturated heterocycles. The van der Waals surface area contributed by atoms with Crippen molar-refractivity contribution in [2.75, 3.05) is 18.4 Å². The SMILES string of the molecule is CC1CCN(C(=O)Cc2csc(NC(=O)c3ccc(F)cc3)n2)CC1. The molecule has 0 saturated carbocycles. The van der Waals surface area contributed by atoms with Crippen LogP contribution in [-0.2, 0) is 11.2 Å². The molecule has 0 bridgehead atoms. The van der Waals surface area contributed by atoms with Crippen molar-refractivity contribution in [2.24, 2.45) is 5.92 Å². The van der Waals surface area contributed by atoms with Crippen molar-refractivity contribution >= 4 is 28.3 Å². The van der Waals surface area contributed by atoms with Crippen LogP contribution >= 0.6 is 11.3 Å². The average molecular weight is 361 g/mol. The van der Waals surface area contributed by atoms with Gasteiger partial charge < -0.3 is 4.90 Å². The van der Waals surface area contributed by atoms with Crippen LogP contribution in [0.15, 0.2) is 29.6 Å². The number of nitrogens with zero attached hydrogens (tertiary/aromatic N) is 2. The summed E-state index contributed by atoms with van der Waals surface area (Å²) in [7, 11) is 0. The van der Waals surface area contributed by atoms with E-state index in [-0.39, 0.29) is 18.2 Å². The predicted molar refractivity (Wildman–Crippen MR) is 95.1 cm³/mol. The smallest absolute Gasteiger partial charge is 0.257 e. The van der Waals surface area contributed by atoms with E-state index in [2.05, 4.69) is 17.2 Å². The zero-order chi connectivity index (χ0) is 17.8. The Hall–Kier alpha value is -2.28. The molecule has 5 nitrogen and oxygen atoms in total. The molecule has 0 aliphatic carbocycles. The van der Waals surface area contributed by atoms with Gasteiger partial charge in [-0.25, -0.2) is 9.37 Å². The van der Waals surface area contributed by atoms with Gasteiger partial charge in [-0.15, -0.1) is 11.3 Å². The molecule has 132 valence electrons. The van der Waals surface area contributed by atoms with E-state index in [1.807, 2.05) is 4.90 Å². The van der Waals surface area contributed by atoms with Gasteiger partial charge in [-0.2, -0.15) is 0 Å². The fourth-order valence-electron chi connectivity index (χ4n) is 2.74. The lowest BCUT2D eigenvalue weighted by Crippen LogP contribution is -2.38. The van der Waals surface area contributed by atoms with E-state index in [9.17, 15) is 14.0 Å². The summed E-state index contributed by atoms with van der Waals surface area (Å²) in [6.45, 7) is 3.81. The number of piperidine rings is 1. The molecular weight excluding hydrogens is 341 g/mol. The van der Waals surface area contributed by atoms with Gasteiger partial charge in [0.15, 0.2) is 5.13 Å². The molecule has 1 aliphatic heterocycles. The summed E-state index contributed by atoms with van der Waals surface area (Å²) in [6.07, 6.45) is 2.33. The second-order valence-electron chi connectivity index (χ2n) is 6.35. The molecule has 0 radical (unpaired) electrons. The highest BCUT2D eigenvalue weighted by molar-refractivity contribution is 7.14. The summed E-state index contributed by atoms with van der Waals surface area (Å²) >= 11 is 1.28. The number of rotatable bonds is 4. The van der Waals surface area contributed by atoms with Gasteiger partial charge in [-0.1, -0.05) is 6.92 Å². The minimum Gasteiger partial charge on any atom is -0.342 e. The number of thiazole rings is 1. The van der Waals surface area contributed by atoms with Crippen molar-refractivity contribution in [3.8, 4) is 0 Å². The van der Waals surface area contributed by atoms with E-state index in [4.69, 9.17) is 0 Å². The Bertz CT molecular complexity index is 752. The molecule has 2 heterocycles. The molecule has 3 rings (SSSR count). The number of anilines is 1. The molecule has 1 aliphatic rings. The topological polar surface area (TPSA) is 62.3 Å². The minimum absolute atomic E-state index is 0.0774. The molecule has 25 heavy (non-hydrogen) atoms. The first-order chi connectivity index (χ1) is 12.0. The second-order valence-corrected chi connectivity index (χ2v) is 7.20. The largest absolute Gasteiger partial charge is 0.342 e. The average Bonchev–Trinajstić information content (AvgIpc) is 3.02. The normalized spacial score (nSPS) is 15.2. The van der Waals surface area contributed by atoms with Crippen molar-refractivity contribution in [1.29, 1.82) is 0 Å². The van der Waals surface area contributed by atoms with Gasteiger partial charge in [0.1, 0.15) is 5.82 Å². The third-order valence-corrected chi connectivity index (χ3v) is 5.15. The van der Waals surface area contributed by atoms with Crippen molar-refractivity contribution in [2.45, 2.75) is 26.2 Å². The molecule has 1 aromatic carbocycles. The molecule has 2 aromatic rings. The summed E-state index contributed by atoms with van der Waals surface area (Å²) in [5, 5.41) is 4.89. The lowest BCUT2D eigenvalue weighted by atomic mass is 9.99. The Morgan fingerprint density at radius 3 is 2.64 bits per heavy atom. The summed E-state index contributed by atoms with van der Waals surface area (Å²) in [5.41, 5.74) is 1.01. The van der Waals surface area contributed by atoms with Crippen LogP contribution in [0.25, 0.3) is 0 Å². The molecule has 0 spiro atoms. The monoisotopic (exact) mass is 361 g/mol. The highest BCUT2D eigenvalue weighted by Gasteiger charge is 2.21. The van der Waals surface area contributed by atoms with E-state index in [1.165, 1.54) is 35.6 Å². The van der Waals surface area contributed by atoms with Crippen LogP contribution in [0.2, 0.25) is 0 Å². The number of nitrogens with one attached hydrogen (secondary N) is 1. The minimum atomic E-state index is -0.390. The quantitative estimate of drug-likeness (QED) is 0.908.